The number of halogens is 1. The monoisotopic (exact) mass is 530 g/mol. The molecule has 1 amide bonds. The Balaban J connectivity index is 1.96. The summed E-state index contributed by atoms with van der Waals surface area (Å²) in [6, 6.07) is 20.0. The first-order valence-corrected chi connectivity index (χ1v) is 13.3. The zero-order valence-corrected chi connectivity index (χ0v) is 22.3. The van der Waals surface area contributed by atoms with Gasteiger partial charge in [0.25, 0.3) is 10.0 Å². The van der Waals surface area contributed by atoms with Crippen molar-refractivity contribution >= 4 is 33.2 Å². The van der Waals surface area contributed by atoms with E-state index in [2.05, 4.69) is 19.2 Å². The first-order valence-electron chi connectivity index (χ1n) is 11.5. The number of hydrogen-bond donors (Lipinski definition) is 1. The SMILES string of the molecule is COc1ccc(S(=O)(=O)N(CC(=O)N[C@H](CC(C)C)c2ccccc2)c2ccc(Cl)cc2)cc1OC. The Bertz CT molecular complexity index is 1270. The molecule has 1 atom stereocenters. The van der Waals surface area contributed by atoms with E-state index in [-0.39, 0.29) is 16.7 Å². The minimum absolute atomic E-state index is 0.0373. The fraction of sp³-hybridized carbons (Fsp3) is 0.296. The van der Waals surface area contributed by atoms with Crippen molar-refractivity contribution < 1.29 is 22.7 Å². The Hall–Kier alpha value is -3.23. The largest absolute Gasteiger partial charge is 0.493 e. The summed E-state index contributed by atoms with van der Waals surface area (Å²) in [7, 11) is -1.25. The molecular formula is C27H31ClN2O5S. The van der Waals surface area contributed by atoms with Crippen LogP contribution in [0, 0.1) is 5.92 Å². The van der Waals surface area contributed by atoms with Gasteiger partial charge in [-0.3, -0.25) is 9.10 Å². The molecule has 0 bridgehead atoms. The number of carbonyl (C=O) groups is 1. The van der Waals surface area contributed by atoms with Gasteiger partial charge in [0.15, 0.2) is 11.5 Å². The molecule has 192 valence electrons. The molecule has 0 aliphatic carbocycles. The molecule has 3 aromatic carbocycles. The van der Waals surface area contributed by atoms with Gasteiger partial charge in [-0.05, 0) is 54.3 Å². The van der Waals surface area contributed by atoms with Crippen LogP contribution in [-0.4, -0.2) is 35.1 Å². The first kappa shape index (κ1) is 27.4. The summed E-state index contributed by atoms with van der Waals surface area (Å²) in [5.41, 5.74) is 1.27. The zero-order chi connectivity index (χ0) is 26.3. The van der Waals surface area contributed by atoms with Crippen LogP contribution in [0.4, 0.5) is 5.69 Å². The van der Waals surface area contributed by atoms with E-state index in [4.69, 9.17) is 21.1 Å². The van der Waals surface area contributed by atoms with Crippen LogP contribution in [-0.2, 0) is 14.8 Å². The summed E-state index contributed by atoms with van der Waals surface area (Å²) in [6.45, 7) is 3.73. The molecule has 0 aromatic heterocycles. The van der Waals surface area contributed by atoms with Crippen LogP contribution in [0.25, 0.3) is 0 Å². The third-order valence-electron chi connectivity index (χ3n) is 5.59. The van der Waals surface area contributed by atoms with Crippen molar-refractivity contribution in [3.63, 3.8) is 0 Å². The molecule has 7 nitrogen and oxygen atoms in total. The third-order valence-corrected chi connectivity index (χ3v) is 7.61. The topological polar surface area (TPSA) is 84.9 Å². The van der Waals surface area contributed by atoms with Crippen LogP contribution in [0.2, 0.25) is 5.02 Å². The maximum Gasteiger partial charge on any atom is 0.264 e. The Morgan fingerprint density at radius 1 is 0.944 bits per heavy atom. The summed E-state index contributed by atoms with van der Waals surface area (Å²) in [6.07, 6.45) is 0.707. The second kappa shape index (κ2) is 12.1. The normalized spacial score (nSPS) is 12.2. The molecule has 0 radical (unpaired) electrons. The molecule has 1 N–H and O–H groups in total. The van der Waals surface area contributed by atoms with E-state index in [1.807, 2.05) is 30.3 Å². The van der Waals surface area contributed by atoms with Gasteiger partial charge in [-0.25, -0.2) is 8.42 Å². The quantitative estimate of drug-likeness (QED) is 0.356. The molecule has 36 heavy (non-hydrogen) atoms. The first-order chi connectivity index (χ1) is 17.1. The zero-order valence-electron chi connectivity index (χ0n) is 20.8. The number of nitrogens with zero attached hydrogens (tertiary/aromatic N) is 1. The van der Waals surface area contributed by atoms with Gasteiger partial charge in [0.2, 0.25) is 5.91 Å². The predicted molar refractivity (Wildman–Crippen MR) is 142 cm³/mol. The van der Waals surface area contributed by atoms with Crippen LogP contribution in [0.15, 0.2) is 77.7 Å². The van der Waals surface area contributed by atoms with Crippen LogP contribution in [0.3, 0.4) is 0 Å². The van der Waals surface area contributed by atoms with E-state index < -0.39 is 22.5 Å². The van der Waals surface area contributed by atoms with Crippen molar-refractivity contribution in [3.8, 4) is 11.5 Å². The molecule has 0 aliphatic heterocycles. The van der Waals surface area contributed by atoms with Crippen molar-refractivity contribution in [2.45, 2.75) is 31.2 Å². The standard InChI is InChI=1S/C27H31ClN2O5S/c1-19(2)16-24(20-8-6-5-7-9-20)29-27(31)18-30(22-12-10-21(28)11-13-22)36(32,33)23-14-15-25(34-3)26(17-23)35-4/h5-15,17,19,24H,16,18H2,1-4H3,(H,29,31)/t24-/m1/s1. The molecule has 3 aromatic rings. The summed E-state index contributed by atoms with van der Waals surface area (Å²) in [5, 5.41) is 3.48. The Morgan fingerprint density at radius 2 is 1.58 bits per heavy atom. The fourth-order valence-corrected chi connectivity index (χ4v) is 5.40. The van der Waals surface area contributed by atoms with Gasteiger partial charge in [-0.2, -0.15) is 0 Å². The summed E-state index contributed by atoms with van der Waals surface area (Å²) < 4.78 is 39.1. The lowest BCUT2D eigenvalue weighted by Gasteiger charge is -2.27. The number of methoxy groups -OCH3 is 2. The lowest BCUT2D eigenvalue weighted by atomic mass is 9.97. The Labute approximate surface area is 218 Å². The van der Waals surface area contributed by atoms with E-state index in [0.29, 0.717) is 28.8 Å². The lowest BCUT2D eigenvalue weighted by Crippen LogP contribution is -2.42. The van der Waals surface area contributed by atoms with Crippen molar-refractivity contribution in [2.75, 3.05) is 25.1 Å². The third kappa shape index (κ3) is 6.71. The van der Waals surface area contributed by atoms with Crippen molar-refractivity contribution in [3.05, 3.63) is 83.4 Å². The molecule has 9 heteroatoms. The summed E-state index contributed by atoms with van der Waals surface area (Å²) >= 11 is 6.03. The highest BCUT2D eigenvalue weighted by atomic mass is 35.5. The van der Waals surface area contributed by atoms with Gasteiger partial charge in [0, 0.05) is 11.1 Å². The van der Waals surface area contributed by atoms with Gasteiger partial charge < -0.3 is 14.8 Å². The number of amides is 1. The minimum Gasteiger partial charge on any atom is -0.493 e. The minimum atomic E-state index is -4.15. The maximum atomic E-state index is 13.8. The molecule has 0 unspecified atom stereocenters. The van der Waals surface area contributed by atoms with E-state index in [1.54, 1.807) is 24.3 Å². The number of benzene rings is 3. The summed E-state index contributed by atoms with van der Waals surface area (Å²) in [4.78, 5) is 13.2. The van der Waals surface area contributed by atoms with Crippen molar-refractivity contribution in [2.24, 2.45) is 5.92 Å². The maximum absolute atomic E-state index is 13.8. The second-order valence-corrected chi connectivity index (χ2v) is 11.0. The van der Waals surface area contributed by atoms with Crippen LogP contribution in [0.5, 0.6) is 11.5 Å². The summed E-state index contributed by atoms with van der Waals surface area (Å²) in [5.74, 6) is 0.550. The predicted octanol–water partition coefficient (Wildman–Crippen LogP) is 5.46. The fourth-order valence-electron chi connectivity index (χ4n) is 3.83. The number of sulfonamides is 1. The van der Waals surface area contributed by atoms with E-state index in [0.717, 1.165) is 9.87 Å². The number of carbonyl (C=O) groups excluding carboxylic acids is 1. The molecule has 0 saturated carbocycles. The van der Waals surface area contributed by atoms with Crippen LogP contribution in [0.1, 0.15) is 31.9 Å². The Morgan fingerprint density at radius 3 is 2.17 bits per heavy atom. The van der Waals surface area contributed by atoms with Gasteiger partial charge in [0.1, 0.15) is 6.54 Å². The molecule has 0 spiro atoms. The highest BCUT2D eigenvalue weighted by molar-refractivity contribution is 7.92. The number of nitrogens with one attached hydrogen (secondary N) is 1. The molecule has 3 rings (SSSR count). The van der Waals surface area contributed by atoms with E-state index in [9.17, 15) is 13.2 Å². The molecule has 0 saturated heterocycles. The van der Waals surface area contributed by atoms with Gasteiger partial charge in [-0.15, -0.1) is 0 Å². The molecule has 0 fully saturated rings. The van der Waals surface area contributed by atoms with Gasteiger partial charge >= 0.3 is 0 Å². The number of anilines is 1. The Kier molecular flexibility index (Phi) is 9.23. The smallest absolute Gasteiger partial charge is 0.264 e. The lowest BCUT2D eigenvalue weighted by molar-refractivity contribution is -0.120. The van der Waals surface area contributed by atoms with Crippen molar-refractivity contribution in [1.29, 1.82) is 0 Å². The molecule has 0 aliphatic rings. The van der Waals surface area contributed by atoms with E-state index >= 15 is 0 Å². The van der Waals surface area contributed by atoms with Gasteiger partial charge in [0.05, 0.1) is 30.8 Å². The highest BCUT2D eigenvalue weighted by Crippen LogP contribution is 2.32. The molecular weight excluding hydrogens is 500 g/mol. The van der Waals surface area contributed by atoms with Crippen LogP contribution >= 0.6 is 11.6 Å². The average molecular weight is 531 g/mol. The number of ether oxygens (including phenoxy) is 2. The molecule has 0 heterocycles. The van der Waals surface area contributed by atoms with E-state index in [1.165, 1.54) is 32.4 Å². The highest BCUT2D eigenvalue weighted by Gasteiger charge is 2.29. The van der Waals surface area contributed by atoms with Crippen molar-refractivity contribution in [1.82, 2.24) is 5.32 Å². The number of rotatable bonds is 11. The van der Waals surface area contributed by atoms with Crippen LogP contribution < -0.4 is 19.1 Å². The van der Waals surface area contributed by atoms with Gasteiger partial charge in [-0.1, -0.05) is 55.8 Å². The number of hydrogen-bond acceptors (Lipinski definition) is 5. The second-order valence-electron chi connectivity index (χ2n) is 8.67. The average Bonchev–Trinajstić information content (AvgIpc) is 2.87.